The molecule has 4 heterocycles. The van der Waals surface area contributed by atoms with Crippen LogP contribution in [0.4, 0.5) is 21.8 Å². The van der Waals surface area contributed by atoms with Crippen molar-refractivity contribution in [2.75, 3.05) is 30.3 Å². The van der Waals surface area contributed by atoms with Crippen LogP contribution in [0, 0.1) is 18.7 Å². The van der Waals surface area contributed by atoms with Crippen LogP contribution in [0.3, 0.4) is 0 Å². The van der Waals surface area contributed by atoms with Crippen molar-refractivity contribution in [3.8, 4) is 5.69 Å². The van der Waals surface area contributed by atoms with Crippen LogP contribution < -0.4 is 16.4 Å². The van der Waals surface area contributed by atoms with Gasteiger partial charge in [0, 0.05) is 18.8 Å². The molecule has 2 aliphatic rings. The van der Waals surface area contributed by atoms with Crippen LogP contribution in [0.25, 0.3) is 5.69 Å². The summed E-state index contributed by atoms with van der Waals surface area (Å²) in [5, 5.41) is 17.6. The molecule has 4 N–H and O–H groups in total. The molecule has 0 radical (unpaired) electrons. The van der Waals surface area contributed by atoms with Gasteiger partial charge in [-0.1, -0.05) is 6.42 Å². The minimum atomic E-state index is -0.621. The number of hydrogen-bond acceptors (Lipinski definition) is 9. The first-order valence-electron chi connectivity index (χ1n) is 12.0. The lowest BCUT2D eigenvalue weighted by atomic mass is 9.83. The fraction of sp³-hybridized carbons (Fsp3) is 0.478. The van der Waals surface area contributed by atoms with Gasteiger partial charge in [-0.25, -0.2) is 9.37 Å². The number of tetrazole rings is 1. The highest BCUT2D eigenvalue weighted by Gasteiger charge is 2.33. The molecular formula is C23H29FN10O. The maximum absolute atomic E-state index is 14.6. The number of benzene rings is 1. The Kier molecular flexibility index (Phi) is 6.53. The number of halogens is 1. The van der Waals surface area contributed by atoms with Crippen LogP contribution in [-0.4, -0.2) is 66.7 Å². The summed E-state index contributed by atoms with van der Waals surface area (Å²) < 4.78 is 16.1. The van der Waals surface area contributed by atoms with Gasteiger partial charge in [0.15, 0.2) is 5.82 Å². The van der Waals surface area contributed by atoms with Gasteiger partial charge >= 0.3 is 0 Å². The van der Waals surface area contributed by atoms with Crippen LogP contribution in [0.1, 0.15) is 48.3 Å². The Morgan fingerprint density at radius 3 is 2.89 bits per heavy atom. The van der Waals surface area contributed by atoms with Crippen molar-refractivity contribution in [2.45, 2.75) is 45.1 Å². The monoisotopic (exact) mass is 480 g/mol. The molecule has 2 aliphatic heterocycles. The number of rotatable bonds is 7. The highest BCUT2D eigenvalue weighted by Crippen LogP contribution is 2.31. The largest absolute Gasteiger partial charge is 0.369 e. The molecule has 2 aromatic heterocycles. The number of anilines is 3. The Hall–Kier alpha value is -3.67. The van der Waals surface area contributed by atoms with Crippen LogP contribution in [0.5, 0.6) is 0 Å². The molecule has 12 heteroatoms. The van der Waals surface area contributed by atoms with E-state index in [1.807, 2.05) is 0 Å². The van der Waals surface area contributed by atoms with Crippen molar-refractivity contribution in [3.05, 3.63) is 41.6 Å². The first-order chi connectivity index (χ1) is 17.0. The van der Waals surface area contributed by atoms with E-state index in [0.717, 1.165) is 19.5 Å². The first-order valence-corrected chi connectivity index (χ1v) is 12.0. The van der Waals surface area contributed by atoms with Gasteiger partial charge in [0.05, 0.1) is 16.9 Å². The number of hydrogen-bond donors (Lipinski definition) is 3. The SMILES string of the molecule is Cc1nnnn1-c1ccc(F)c(Nc2ncc(C(N)=O)c(NC[C@@H]3CCCN4CCCC[C@H]34)n2)c1. The Labute approximate surface area is 202 Å². The molecule has 0 unspecified atom stereocenters. The lowest BCUT2D eigenvalue weighted by molar-refractivity contribution is 0.0649. The molecule has 1 aromatic carbocycles. The first kappa shape index (κ1) is 23.1. The summed E-state index contributed by atoms with van der Waals surface area (Å²) in [6, 6.07) is 5.01. The van der Waals surface area contributed by atoms with E-state index in [9.17, 15) is 9.18 Å². The van der Waals surface area contributed by atoms with E-state index in [1.165, 1.54) is 42.6 Å². The predicted molar refractivity (Wildman–Crippen MR) is 128 cm³/mol. The second-order valence-electron chi connectivity index (χ2n) is 9.13. The zero-order valence-corrected chi connectivity index (χ0v) is 19.6. The molecule has 35 heavy (non-hydrogen) atoms. The maximum atomic E-state index is 14.6. The molecule has 0 aliphatic carbocycles. The minimum Gasteiger partial charge on any atom is -0.369 e. The zero-order chi connectivity index (χ0) is 24.4. The fourth-order valence-electron chi connectivity index (χ4n) is 5.13. The number of aromatic nitrogens is 6. The molecule has 11 nitrogen and oxygen atoms in total. The number of primary amides is 1. The van der Waals surface area contributed by atoms with Gasteiger partial charge in [-0.2, -0.15) is 9.67 Å². The number of carbonyl (C=O) groups is 1. The van der Waals surface area contributed by atoms with Crippen molar-refractivity contribution in [1.82, 2.24) is 35.1 Å². The van der Waals surface area contributed by atoms with E-state index in [0.29, 0.717) is 35.8 Å². The molecule has 2 atom stereocenters. The molecule has 0 saturated carbocycles. The van der Waals surface area contributed by atoms with Crippen molar-refractivity contribution in [3.63, 3.8) is 0 Å². The van der Waals surface area contributed by atoms with Gasteiger partial charge in [-0.05, 0) is 80.2 Å². The molecule has 3 aromatic rings. The number of piperidine rings is 2. The smallest absolute Gasteiger partial charge is 0.254 e. The predicted octanol–water partition coefficient (Wildman–Crippen LogP) is 2.42. The second-order valence-corrected chi connectivity index (χ2v) is 9.13. The Morgan fingerprint density at radius 1 is 1.23 bits per heavy atom. The maximum Gasteiger partial charge on any atom is 0.254 e. The highest BCUT2D eigenvalue weighted by molar-refractivity contribution is 5.97. The summed E-state index contributed by atoms with van der Waals surface area (Å²) in [5.74, 6) is 0.404. The standard InChI is InChI=1S/C23H29FN10O/c1-14-30-31-32-34(14)16-7-8-18(24)19(11-16)28-23-27-13-17(21(25)35)22(29-23)26-12-15-5-4-10-33-9-3-2-6-20(15)33/h7-8,11,13,15,20H,2-6,9-10,12H2,1H3,(H2,25,35)(H2,26,27,28,29)/t15-,20+/m0/s1. The van der Waals surface area contributed by atoms with Gasteiger partial charge in [-0.3, -0.25) is 4.79 Å². The Morgan fingerprint density at radius 2 is 2.09 bits per heavy atom. The summed E-state index contributed by atoms with van der Waals surface area (Å²) in [7, 11) is 0. The highest BCUT2D eigenvalue weighted by atomic mass is 19.1. The van der Waals surface area contributed by atoms with Crippen LogP contribution in [0.15, 0.2) is 24.4 Å². The molecule has 0 spiro atoms. The molecule has 2 saturated heterocycles. The summed E-state index contributed by atoms with van der Waals surface area (Å²) in [6.45, 7) is 4.74. The third-order valence-corrected chi connectivity index (χ3v) is 6.88. The quantitative estimate of drug-likeness (QED) is 0.465. The number of nitrogens with zero attached hydrogens (tertiary/aromatic N) is 7. The van der Waals surface area contributed by atoms with E-state index in [2.05, 4.69) is 41.0 Å². The number of fused-ring (bicyclic) bond motifs is 1. The van der Waals surface area contributed by atoms with E-state index in [1.54, 1.807) is 19.1 Å². The zero-order valence-electron chi connectivity index (χ0n) is 19.6. The van der Waals surface area contributed by atoms with Gasteiger partial charge in [0.2, 0.25) is 5.95 Å². The van der Waals surface area contributed by atoms with Crippen molar-refractivity contribution < 1.29 is 9.18 Å². The summed E-state index contributed by atoms with van der Waals surface area (Å²) in [4.78, 5) is 23.3. The molecule has 5 rings (SSSR count). The normalized spacial score (nSPS) is 20.3. The van der Waals surface area contributed by atoms with Gasteiger partial charge < -0.3 is 21.3 Å². The van der Waals surface area contributed by atoms with Crippen molar-refractivity contribution >= 4 is 23.4 Å². The molecule has 184 valence electrons. The number of nitrogens with one attached hydrogen (secondary N) is 2. The average Bonchev–Trinajstić information content (AvgIpc) is 3.29. The number of aryl methyl sites for hydroxylation is 1. The average molecular weight is 481 g/mol. The summed E-state index contributed by atoms with van der Waals surface area (Å²) >= 11 is 0. The van der Waals surface area contributed by atoms with Crippen LogP contribution >= 0.6 is 0 Å². The third kappa shape index (κ3) is 4.92. The van der Waals surface area contributed by atoms with Crippen molar-refractivity contribution in [1.29, 1.82) is 0 Å². The Bertz CT molecular complexity index is 1210. The second kappa shape index (κ2) is 9.90. The molecular weight excluding hydrogens is 451 g/mol. The lowest BCUT2D eigenvalue weighted by Gasteiger charge is -2.44. The molecule has 2 fully saturated rings. The van der Waals surface area contributed by atoms with Crippen LogP contribution in [0.2, 0.25) is 0 Å². The number of carbonyl (C=O) groups excluding carboxylic acids is 1. The Balaban J connectivity index is 1.36. The lowest BCUT2D eigenvalue weighted by Crippen LogP contribution is -2.49. The molecule has 0 bridgehead atoms. The fourth-order valence-corrected chi connectivity index (χ4v) is 5.13. The minimum absolute atomic E-state index is 0.143. The van der Waals surface area contributed by atoms with Gasteiger partial charge in [0.1, 0.15) is 11.6 Å². The van der Waals surface area contributed by atoms with Gasteiger partial charge in [0.25, 0.3) is 5.91 Å². The van der Waals surface area contributed by atoms with E-state index >= 15 is 0 Å². The number of nitrogens with two attached hydrogens (primary N) is 1. The van der Waals surface area contributed by atoms with Crippen LogP contribution in [-0.2, 0) is 0 Å². The summed E-state index contributed by atoms with van der Waals surface area (Å²) in [6.07, 6.45) is 7.36. The van der Waals surface area contributed by atoms with E-state index in [-0.39, 0.29) is 17.2 Å². The summed E-state index contributed by atoms with van der Waals surface area (Å²) in [5.41, 5.74) is 6.51. The number of amides is 1. The molecule has 1 amide bonds. The van der Waals surface area contributed by atoms with Gasteiger partial charge in [-0.15, -0.1) is 5.10 Å². The third-order valence-electron chi connectivity index (χ3n) is 6.88. The van der Waals surface area contributed by atoms with E-state index in [4.69, 9.17) is 5.73 Å². The topological polar surface area (TPSA) is 140 Å². The van der Waals surface area contributed by atoms with E-state index < -0.39 is 11.7 Å². The van der Waals surface area contributed by atoms with Crippen molar-refractivity contribution in [2.24, 2.45) is 11.7 Å².